The van der Waals surface area contributed by atoms with Crippen molar-refractivity contribution < 1.29 is 0 Å². The third-order valence-electron chi connectivity index (χ3n) is 2.96. The summed E-state index contributed by atoms with van der Waals surface area (Å²) in [6.07, 6.45) is 4.16. The Morgan fingerprint density at radius 3 is 2.90 bits per heavy atom. The summed E-state index contributed by atoms with van der Waals surface area (Å²) in [5, 5.41) is 0. The Morgan fingerprint density at radius 2 is 2.20 bits per heavy atom. The Morgan fingerprint density at radius 1 is 1.40 bits per heavy atom. The highest BCUT2D eigenvalue weighted by atomic mass is 15.2. The smallest absolute Gasteiger partial charge is 0.0488 e. The number of hydrogen-bond acceptors (Lipinski definition) is 1. The molecule has 0 aromatic heterocycles. The van der Waals surface area contributed by atoms with Gasteiger partial charge in [0.05, 0.1) is 0 Å². The standard InChI is InChI=1S/C9H15N/c1-7-8(2)10-6-4-3-5-9(7)10/h8H,3-6H2,1-2H3. The quantitative estimate of drug-likeness (QED) is 0.494. The van der Waals surface area contributed by atoms with Crippen LogP contribution < -0.4 is 0 Å². The van der Waals surface area contributed by atoms with E-state index in [1.165, 1.54) is 25.8 Å². The summed E-state index contributed by atoms with van der Waals surface area (Å²) in [6.45, 7) is 5.90. The van der Waals surface area contributed by atoms with Crippen molar-refractivity contribution >= 4 is 0 Å². The second-order valence-corrected chi connectivity index (χ2v) is 3.46. The fraction of sp³-hybridized carbons (Fsp3) is 0.778. The van der Waals surface area contributed by atoms with E-state index in [-0.39, 0.29) is 0 Å². The van der Waals surface area contributed by atoms with Crippen LogP contribution in [0.25, 0.3) is 0 Å². The minimum Gasteiger partial charge on any atom is -0.368 e. The molecule has 0 saturated carbocycles. The lowest BCUT2D eigenvalue weighted by Gasteiger charge is -2.47. The summed E-state index contributed by atoms with van der Waals surface area (Å²) in [5.41, 5.74) is 3.29. The zero-order valence-corrected chi connectivity index (χ0v) is 6.85. The Kier molecular flexibility index (Phi) is 1.26. The average molecular weight is 137 g/mol. The topological polar surface area (TPSA) is 3.24 Å². The molecule has 1 unspecified atom stereocenters. The van der Waals surface area contributed by atoms with E-state index in [0.29, 0.717) is 0 Å². The molecule has 2 aliphatic heterocycles. The molecule has 10 heavy (non-hydrogen) atoms. The molecule has 0 N–H and O–H groups in total. The molecule has 0 aromatic carbocycles. The highest BCUT2D eigenvalue weighted by molar-refractivity contribution is 5.29. The van der Waals surface area contributed by atoms with Crippen molar-refractivity contribution in [1.82, 2.24) is 4.90 Å². The number of nitrogens with zero attached hydrogens (tertiary/aromatic N) is 1. The molecule has 0 bridgehead atoms. The molecular weight excluding hydrogens is 122 g/mol. The second kappa shape index (κ2) is 2.01. The van der Waals surface area contributed by atoms with Gasteiger partial charge in [0.25, 0.3) is 0 Å². The Bertz CT molecular complexity index is 181. The van der Waals surface area contributed by atoms with Gasteiger partial charge in [-0.2, -0.15) is 0 Å². The van der Waals surface area contributed by atoms with E-state index in [2.05, 4.69) is 18.7 Å². The molecule has 0 radical (unpaired) electrons. The van der Waals surface area contributed by atoms with E-state index in [1.54, 1.807) is 11.3 Å². The minimum atomic E-state index is 0.760. The molecule has 2 heterocycles. The van der Waals surface area contributed by atoms with Crippen LogP contribution in [0.15, 0.2) is 11.3 Å². The number of piperidine rings is 1. The van der Waals surface area contributed by atoms with Crippen LogP contribution in [-0.2, 0) is 0 Å². The van der Waals surface area contributed by atoms with Gasteiger partial charge in [-0.1, -0.05) is 0 Å². The lowest BCUT2D eigenvalue weighted by Crippen LogP contribution is -2.45. The maximum Gasteiger partial charge on any atom is 0.0488 e. The lowest BCUT2D eigenvalue weighted by molar-refractivity contribution is 0.197. The van der Waals surface area contributed by atoms with Gasteiger partial charge in [0.2, 0.25) is 0 Å². The largest absolute Gasteiger partial charge is 0.368 e. The number of rotatable bonds is 0. The summed E-state index contributed by atoms with van der Waals surface area (Å²) in [7, 11) is 0. The van der Waals surface area contributed by atoms with Crippen LogP contribution in [0.2, 0.25) is 0 Å². The summed E-state index contributed by atoms with van der Waals surface area (Å²) < 4.78 is 0. The normalized spacial score (nSPS) is 31.8. The maximum atomic E-state index is 2.55. The summed E-state index contributed by atoms with van der Waals surface area (Å²) in [5.74, 6) is 0. The molecule has 1 saturated heterocycles. The zero-order valence-electron chi connectivity index (χ0n) is 6.85. The van der Waals surface area contributed by atoms with Gasteiger partial charge in [0.1, 0.15) is 0 Å². The van der Waals surface area contributed by atoms with Crippen molar-refractivity contribution in [3.63, 3.8) is 0 Å². The Labute approximate surface area is 62.7 Å². The SMILES string of the molecule is CC1=C2CCCCN2C1C. The monoisotopic (exact) mass is 137 g/mol. The molecule has 1 atom stereocenters. The van der Waals surface area contributed by atoms with Crippen LogP contribution in [0.4, 0.5) is 0 Å². The van der Waals surface area contributed by atoms with Crippen LogP contribution in [0.5, 0.6) is 0 Å². The molecule has 2 rings (SSSR count). The molecule has 2 aliphatic rings. The summed E-state index contributed by atoms with van der Waals surface area (Å²) in [6, 6.07) is 0.760. The van der Waals surface area contributed by atoms with Crippen molar-refractivity contribution in [2.24, 2.45) is 0 Å². The fourth-order valence-electron chi connectivity index (χ4n) is 2.11. The highest BCUT2D eigenvalue weighted by Gasteiger charge is 2.31. The fourth-order valence-corrected chi connectivity index (χ4v) is 2.11. The predicted octanol–water partition coefficient (Wildman–Crippen LogP) is 2.15. The van der Waals surface area contributed by atoms with Crippen molar-refractivity contribution in [3.05, 3.63) is 11.3 Å². The lowest BCUT2D eigenvalue weighted by atomic mass is 9.89. The molecule has 0 aliphatic carbocycles. The summed E-state index contributed by atoms with van der Waals surface area (Å²) in [4.78, 5) is 2.55. The molecule has 56 valence electrons. The third-order valence-corrected chi connectivity index (χ3v) is 2.96. The third kappa shape index (κ3) is 0.635. The highest BCUT2D eigenvalue weighted by Crippen LogP contribution is 2.36. The van der Waals surface area contributed by atoms with Gasteiger partial charge in [-0.15, -0.1) is 0 Å². The van der Waals surface area contributed by atoms with E-state index < -0.39 is 0 Å². The van der Waals surface area contributed by atoms with Gasteiger partial charge in [-0.3, -0.25) is 0 Å². The first kappa shape index (κ1) is 6.26. The van der Waals surface area contributed by atoms with Crippen molar-refractivity contribution in [2.75, 3.05) is 6.54 Å². The number of hydrogen-bond donors (Lipinski definition) is 0. The van der Waals surface area contributed by atoms with E-state index in [1.807, 2.05) is 0 Å². The first-order chi connectivity index (χ1) is 4.80. The Hall–Kier alpha value is -0.460. The van der Waals surface area contributed by atoms with Crippen molar-refractivity contribution in [3.8, 4) is 0 Å². The van der Waals surface area contributed by atoms with Gasteiger partial charge in [-0.05, 0) is 38.7 Å². The molecule has 1 heteroatoms. The first-order valence-corrected chi connectivity index (χ1v) is 4.27. The van der Waals surface area contributed by atoms with Gasteiger partial charge in [-0.25, -0.2) is 0 Å². The molecule has 0 spiro atoms. The van der Waals surface area contributed by atoms with Crippen LogP contribution in [-0.4, -0.2) is 17.5 Å². The Balaban J connectivity index is 2.19. The van der Waals surface area contributed by atoms with Crippen LogP contribution in [0.1, 0.15) is 33.1 Å². The predicted molar refractivity (Wildman–Crippen MR) is 42.7 cm³/mol. The molecule has 1 nitrogen and oxygen atoms in total. The van der Waals surface area contributed by atoms with Gasteiger partial charge in [0, 0.05) is 18.3 Å². The van der Waals surface area contributed by atoms with Gasteiger partial charge < -0.3 is 4.90 Å². The van der Waals surface area contributed by atoms with E-state index in [4.69, 9.17) is 0 Å². The molecule has 1 fully saturated rings. The first-order valence-electron chi connectivity index (χ1n) is 4.27. The van der Waals surface area contributed by atoms with E-state index in [9.17, 15) is 0 Å². The maximum absolute atomic E-state index is 2.55. The van der Waals surface area contributed by atoms with E-state index in [0.717, 1.165) is 6.04 Å². The summed E-state index contributed by atoms with van der Waals surface area (Å²) >= 11 is 0. The number of allylic oxidation sites excluding steroid dienone is 1. The van der Waals surface area contributed by atoms with Gasteiger partial charge in [0.15, 0.2) is 0 Å². The molecular formula is C9H15N. The zero-order chi connectivity index (χ0) is 7.14. The second-order valence-electron chi connectivity index (χ2n) is 3.46. The molecule has 0 amide bonds. The minimum absolute atomic E-state index is 0.760. The molecule has 0 aromatic rings. The van der Waals surface area contributed by atoms with Crippen molar-refractivity contribution in [1.29, 1.82) is 0 Å². The average Bonchev–Trinajstić information content (AvgIpc) is 2.03. The van der Waals surface area contributed by atoms with Crippen molar-refractivity contribution in [2.45, 2.75) is 39.2 Å². The van der Waals surface area contributed by atoms with E-state index >= 15 is 0 Å². The number of fused-ring (bicyclic) bond motifs is 1. The van der Waals surface area contributed by atoms with Crippen LogP contribution >= 0.6 is 0 Å². The van der Waals surface area contributed by atoms with Crippen LogP contribution in [0.3, 0.4) is 0 Å². The van der Waals surface area contributed by atoms with Crippen LogP contribution in [0, 0.1) is 0 Å². The van der Waals surface area contributed by atoms with Gasteiger partial charge >= 0.3 is 0 Å².